The van der Waals surface area contributed by atoms with Crippen molar-refractivity contribution >= 4 is 5.97 Å². The lowest BCUT2D eigenvalue weighted by Crippen LogP contribution is -2.46. The Bertz CT molecular complexity index is 475. The second kappa shape index (κ2) is 6.93. The highest BCUT2D eigenvalue weighted by molar-refractivity contribution is 5.74. The number of carbonyl (C=O) groups is 1. The van der Waals surface area contributed by atoms with E-state index in [0.717, 1.165) is 12.1 Å². The summed E-state index contributed by atoms with van der Waals surface area (Å²) < 4.78 is 10.0. The number of ether oxygens (including phenoxy) is 2. The van der Waals surface area contributed by atoms with Crippen molar-refractivity contribution in [3.63, 3.8) is 0 Å². The van der Waals surface area contributed by atoms with E-state index in [0.29, 0.717) is 19.7 Å². The summed E-state index contributed by atoms with van der Waals surface area (Å²) in [6.07, 6.45) is -0.489. The number of hydrogen-bond donors (Lipinski definition) is 0. The van der Waals surface area contributed by atoms with Crippen molar-refractivity contribution in [2.24, 2.45) is 0 Å². The number of methoxy groups -OCH3 is 1. The van der Waals surface area contributed by atoms with Crippen LogP contribution in [0.3, 0.4) is 0 Å². The normalized spacial score (nSPS) is 19.3. The summed E-state index contributed by atoms with van der Waals surface area (Å²) in [5.74, 6) is 5.90. The lowest BCUT2D eigenvalue weighted by atomic mass is 10.2. The minimum Gasteiger partial charge on any atom is -0.467 e. The number of carbonyl (C=O) groups excluding carboxylic acids is 1. The van der Waals surface area contributed by atoms with Crippen molar-refractivity contribution in [3.05, 3.63) is 35.9 Å². The molecule has 1 atom stereocenters. The fraction of sp³-hybridized carbons (Fsp3) is 0.400. The number of nitrogens with zero attached hydrogens (tertiary/aromatic N) is 1. The van der Waals surface area contributed by atoms with Gasteiger partial charge in [0.05, 0.1) is 20.3 Å². The smallest absolute Gasteiger partial charge is 0.336 e. The minimum atomic E-state index is -0.489. The van der Waals surface area contributed by atoms with Gasteiger partial charge in [-0.2, -0.15) is 0 Å². The molecule has 19 heavy (non-hydrogen) atoms. The Balaban J connectivity index is 1.86. The zero-order valence-electron chi connectivity index (χ0n) is 11.0. The number of hydrogen-bond acceptors (Lipinski definition) is 4. The molecule has 0 spiro atoms. The molecule has 1 heterocycles. The molecule has 1 aromatic carbocycles. The first kappa shape index (κ1) is 13.6. The SMILES string of the molecule is COC(=O)C1CN(CC#Cc2ccccc2)CCO1. The van der Waals surface area contributed by atoms with Gasteiger partial charge in [-0.05, 0) is 12.1 Å². The van der Waals surface area contributed by atoms with Crippen molar-refractivity contribution < 1.29 is 14.3 Å². The molecule has 2 rings (SSSR count). The molecule has 0 amide bonds. The molecular weight excluding hydrogens is 242 g/mol. The molecule has 100 valence electrons. The summed E-state index contributed by atoms with van der Waals surface area (Å²) in [5.41, 5.74) is 1.00. The van der Waals surface area contributed by atoms with E-state index in [2.05, 4.69) is 21.5 Å². The minimum absolute atomic E-state index is 0.319. The molecule has 1 aliphatic heterocycles. The van der Waals surface area contributed by atoms with Gasteiger partial charge < -0.3 is 9.47 Å². The summed E-state index contributed by atoms with van der Waals surface area (Å²) in [4.78, 5) is 13.5. The second-order valence-electron chi connectivity index (χ2n) is 4.29. The largest absolute Gasteiger partial charge is 0.467 e. The number of rotatable bonds is 2. The Hall–Kier alpha value is -1.83. The van der Waals surface area contributed by atoms with Crippen LogP contribution in [0, 0.1) is 11.8 Å². The zero-order chi connectivity index (χ0) is 13.5. The predicted molar refractivity (Wildman–Crippen MR) is 71.5 cm³/mol. The molecule has 1 fully saturated rings. The zero-order valence-corrected chi connectivity index (χ0v) is 11.0. The Morgan fingerprint density at radius 1 is 1.47 bits per heavy atom. The van der Waals surface area contributed by atoms with Gasteiger partial charge in [0.2, 0.25) is 0 Å². The van der Waals surface area contributed by atoms with Gasteiger partial charge in [-0.15, -0.1) is 0 Å². The second-order valence-corrected chi connectivity index (χ2v) is 4.29. The van der Waals surface area contributed by atoms with Gasteiger partial charge in [0.25, 0.3) is 0 Å². The van der Waals surface area contributed by atoms with Gasteiger partial charge >= 0.3 is 5.97 Å². The van der Waals surface area contributed by atoms with Crippen LogP contribution in [0.4, 0.5) is 0 Å². The van der Waals surface area contributed by atoms with Crippen molar-refractivity contribution in [1.82, 2.24) is 4.90 Å². The van der Waals surface area contributed by atoms with Crippen LogP contribution in [0.1, 0.15) is 5.56 Å². The Labute approximate surface area is 113 Å². The third kappa shape index (κ3) is 4.09. The van der Waals surface area contributed by atoms with Crippen molar-refractivity contribution in [1.29, 1.82) is 0 Å². The van der Waals surface area contributed by atoms with Crippen LogP contribution in [0.15, 0.2) is 30.3 Å². The third-order valence-corrected chi connectivity index (χ3v) is 2.92. The molecule has 0 aromatic heterocycles. The van der Waals surface area contributed by atoms with Crippen LogP contribution >= 0.6 is 0 Å². The Kier molecular flexibility index (Phi) is 4.96. The molecule has 1 aliphatic rings. The van der Waals surface area contributed by atoms with Gasteiger partial charge in [0.1, 0.15) is 0 Å². The molecule has 1 aromatic rings. The molecule has 0 saturated carbocycles. The molecule has 1 saturated heterocycles. The van der Waals surface area contributed by atoms with Crippen LogP contribution in [0.2, 0.25) is 0 Å². The predicted octanol–water partition coefficient (Wildman–Crippen LogP) is 0.912. The molecule has 0 aliphatic carbocycles. The van der Waals surface area contributed by atoms with Crippen LogP contribution in [0.5, 0.6) is 0 Å². The Morgan fingerprint density at radius 2 is 2.26 bits per heavy atom. The first-order valence-electron chi connectivity index (χ1n) is 6.25. The van der Waals surface area contributed by atoms with Gasteiger partial charge in [-0.1, -0.05) is 30.0 Å². The standard InChI is InChI=1S/C15H17NO3/c1-18-15(17)14-12-16(10-11-19-14)9-5-8-13-6-3-2-4-7-13/h2-4,6-7,14H,9-12H2,1H3. The third-order valence-electron chi connectivity index (χ3n) is 2.92. The molecule has 4 heteroatoms. The van der Waals surface area contributed by atoms with Crippen LogP contribution in [-0.4, -0.2) is 50.3 Å². The topological polar surface area (TPSA) is 38.8 Å². The summed E-state index contributed by atoms with van der Waals surface area (Å²) >= 11 is 0. The molecule has 0 radical (unpaired) electrons. The van der Waals surface area contributed by atoms with E-state index < -0.39 is 6.10 Å². The van der Waals surface area contributed by atoms with Crippen molar-refractivity contribution in [2.45, 2.75) is 6.10 Å². The first-order valence-corrected chi connectivity index (χ1v) is 6.25. The summed E-state index contributed by atoms with van der Waals surface area (Å²) in [6.45, 7) is 2.49. The number of esters is 1. The fourth-order valence-corrected chi connectivity index (χ4v) is 1.90. The maximum absolute atomic E-state index is 11.4. The summed E-state index contributed by atoms with van der Waals surface area (Å²) in [6, 6.07) is 9.85. The highest BCUT2D eigenvalue weighted by Crippen LogP contribution is 2.06. The van der Waals surface area contributed by atoms with Crippen LogP contribution in [-0.2, 0) is 14.3 Å². The van der Waals surface area contributed by atoms with Crippen molar-refractivity contribution in [3.8, 4) is 11.8 Å². The van der Waals surface area contributed by atoms with E-state index in [-0.39, 0.29) is 5.97 Å². The summed E-state index contributed by atoms with van der Waals surface area (Å²) in [7, 11) is 1.37. The molecule has 0 bridgehead atoms. The average molecular weight is 259 g/mol. The average Bonchev–Trinajstić information content (AvgIpc) is 2.48. The molecule has 1 unspecified atom stereocenters. The lowest BCUT2D eigenvalue weighted by Gasteiger charge is -2.29. The van der Waals surface area contributed by atoms with Crippen LogP contribution < -0.4 is 0 Å². The maximum Gasteiger partial charge on any atom is 0.336 e. The molecular formula is C15H17NO3. The first-order chi connectivity index (χ1) is 9.29. The van der Waals surface area contributed by atoms with E-state index in [1.807, 2.05) is 30.3 Å². The van der Waals surface area contributed by atoms with E-state index in [1.54, 1.807) is 0 Å². The number of benzene rings is 1. The maximum atomic E-state index is 11.4. The van der Waals surface area contributed by atoms with E-state index in [1.165, 1.54) is 7.11 Å². The van der Waals surface area contributed by atoms with Gasteiger partial charge in [-0.25, -0.2) is 4.79 Å². The van der Waals surface area contributed by atoms with E-state index in [4.69, 9.17) is 4.74 Å². The van der Waals surface area contributed by atoms with E-state index in [9.17, 15) is 4.79 Å². The molecule has 4 nitrogen and oxygen atoms in total. The summed E-state index contributed by atoms with van der Waals surface area (Å²) in [5, 5.41) is 0. The van der Waals surface area contributed by atoms with Crippen molar-refractivity contribution in [2.75, 3.05) is 33.4 Å². The van der Waals surface area contributed by atoms with Gasteiger partial charge in [0, 0.05) is 18.7 Å². The van der Waals surface area contributed by atoms with Gasteiger partial charge in [0.15, 0.2) is 6.10 Å². The van der Waals surface area contributed by atoms with Gasteiger partial charge in [-0.3, -0.25) is 4.90 Å². The fourth-order valence-electron chi connectivity index (χ4n) is 1.90. The highest BCUT2D eigenvalue weighted by Gasteiger charge is 2.26. The van der Waals surface area contributed by atoms with E-state index >= 15 is 0 Å². The number of morpholine rings is 1. The Morgan fingerprint density at radius 3 is 3.00 bits per heavy atom. The molecule has 0 N–H and O–H groups in total. The van der Waals surface area contributed by atoms with Crippen LogP contribution in [0.25, 0.3) is 0 Å². The quantitative estimate of drug-likeness (QED) is 0.584. The highest BCUT2D eigenvalue weighted by atomic mass is 16.6. The lowest BCUT2D eigenvalue weighted by molar-refractivity contribution is -0.159. The monoisotopic (exact) mass is 259 g/mol.